The van der Waals surface area contributed by atoms with E-state index in [1.165, 1.54) is 6.20 Å². The molecule has 94 valence electrons. The predicted octanol–water partition coefficient (Wildman–Crippen LogP) is 0.125. The van der Waals surface area contributed by atoms with Crippen molar-refractivity contribution in [2.45, 2.75) is 13.2 Å². The van der Waals surface area contributed by atoms with Crippen LogP contribution >= 0.6 is 0 Å². The van der Waals surface area contributed by atoms with Gasteiger partial charge in [-0.3, -0.25) is 4.79 Å². The molecule has 1 aromatic heterocycles. The lowest BCUT2D eigenvalue weighted by molar-refractivity contribution is 0.0946. The first kappa shape index (κ1) is 12.1. The Hall–Kier alpha value is -2.34. The van der Waals surface area contributed by atoms with Gasteiger partial charge >= 0.3 is 5.69 Å². The Bertz CT molecular complexity index is 583. The monoisotopic (exact) mass is 247 g/mol. The van der Waals surface area contributed by atoms with Crippen LogP contribution in [0.3, 0.4) is 0 Å². The highest BCUT2D eigenvalue weighted by molar-refractivity contribution is 5.91. The molecule has 0 spiro atoms. The summed E-state index contributed by atoms with van der Waals surface area (Å²) in [6, 6.07) is 7.23. The Balaban J connectivity index is 1.94. The molecule has 0 aliphatic rings. The molecule has 0 saturated heterocycles. The molecule has 2 rings (SSSR count). The first-order chi connectivity index (χ1) is 8.69. The van der Waals surface area contributed by atoms with E-state index in [4.69, 9.17) is 5.11 Å². The van der Waals surface area contributed by atoms with E-state index < -0.39 is 5.69 Å². The fourth-order valence-electron chi connectivity index (χ4n) is 1.49. The van der Waals surface area contributed by atoms with Gasteiger partial charge < -0.3 is 20.4 Å². The van der Waals surface area contributed by atoms with Crippen LogP contribution in [0.4, 0.5) is 0 Å². The number of amides is 1. The molecule has 0 aliphatic carbocycles. The number of H-pyrrole nitrogens is 2. The Kier molecular flexibility index (Phi) is 3.59. The van der Waals surface area contributed by atoms with Crippen LogP contribution in [0.2, 0.25) is 0 Å². The fraction of sp³-hybridized carbons (Fsp3) is 0.167. The Labute approximate surface area is 103 Å². The second-order valence-corrected chi connectivity index (χ2v) is 3.81. The van der Waals surface area contributed by atoms with Crippen LogP contribution in [-0.4, -0.2) is 21.0 Å². The number of hydrogen-bond acceptors (Lipinski definition) is 3. The molecule has 0 bridgehead atoms. The summed E-state index contributed by atoms with van der Waals surface area (Å²) in [6.45, 7) is 0.356. The van der Waals surface area contributed by atoms with Gasteiger partial charge in [0.1, 0.15) is 5.69 Å². The van der Waals surface area contributed by atoms with Crippen LogP contribution in [0.25, 0.3) is 0 Å². The van der Waals surface area contributed by atoms with E-state index in [9.17, 15) is 9.59 Å². The zero-order valence-corrected chi connectivity index (χ0v) is 9.56. The van der Waals surface area contributed by atoms with Crippen LogP contribution < -0.4 is 11.0 Å². The highest BCUT2D eigenvalue weighted by Crippen LogP contribution is 2.04. The van der Waals surface area contributed by atoms with E-state index in [0.29, 0.717) is 6.54 Å². The minimum absolute atomic E-state index is 0.00275. The summed E-state index contributed by atoms with van der Waals surface area (Å²) in [5, 5.41) is 11.6. The summed E-state index contributed by atoms with van der Waals surface area (Å²) >= 11 is 0. The number of benzene rings is 1. The van der Waals surface area contributed by atoms with Crippen LogP contribution in [0.15, 0.2) is 35.3 Å². The quantitative estimate of drug-likeness (QED) is 0.618. The average Bonchev–Trinajstić information content (AvgIpc) is 2.83. The molecule has 0 saturated carbocycles. The van der Waals surface area contributed by atoms with Crippen LogP contribution in [0.1, 0.15) is 21.6 Å². The van der Waals surface area contributed by atoms with Crippen LogP contribution in [0, 0.1) is 0 Å². The number of nitrogens with one attached hydrogen (secondary N) is 3. The predicted molar refractivity (Wildman–Crippen MR) is 64.9 cm³/mol. The molecule has 0 aliphatic heterocycles. The molecule has 0 radical (unpaired) electrons. The van der Waals surface area contributed by atoms with Gasteiger partial charge in [0.05, 0.1) is 6.61 Å². The Morgan fingerprint density at radius 2 is 1.89 bits per heavy atom. The molecule has 18 heavy (non-hydrogen) atoms. The van der Waals surface area contributed by atoms with Gasteiger partial charge in [-0.1, -0.05) is 24.3 Å². The molecule has 0 atom stereocenters. The normalized spacial score (nSPS) is 10.3. The highest BCUT2D eigenvalue weighted by atomic mass is 16.3. The number of aliphatic hydroxyl groups excluding tert-OH is 1. The van der Waals surface area contributed by atoms with Gasteiger partial charge in [-0.25, -0.2) is 4.79 Å². The zero-order chi connectivity index (χ0) is 13.0. The van der Waals surface area contributed by atoms with Crippen molar-refractivity contribution in [1.82, 2.24) is 15.3 Å². The number of hydrogen-bond donors (Lipinski definition) is 4. The molecule has 0 unspecified atom stereocenters. The SMILES string of the molecule is O=C(NCc1ccc(CO)cc1)c1c[nH]c(=O)[nH]1. The summed E-state index contributed by atoms with van der Waals surface area (Å²) in [5.74, 6) is -0.348. The topological polar surface area (TPSA) is 98.0 Å². The Morgan fingerprint density at radius 1 is 1.22 bits per heavy atom. The van der Waals surface area contributed by atoms with E-state index in [0.717, 1.165) is 11.1 Å². The van der Waals surface area contributed by atoms with Gasteiger partial charge in [0.15, 0.2) is 0 Å². The van der Waals surface area contributed by atoms with Crippen molar-refractivity contribution in [2.75, 3.05) is 0 Å². The third-order valence-electron chi connectivity index (χ3n) is 2.50. The maximum atomic E-state index is 11.6. The highest BCUT2D eigenvalue weighted by Gasteiger charge is 2.06. The molecule has 2 aromatic rings. The minimum atomic E-state index is -0.410. The van der Waals surface area contributed by atoms with Gasteiger partial charge in [-0.05, 0) is 11.1 Å². The van der Waals surface area contributed by atoms with Crippen molar-refractivity contribution < 1.29 is 9.90 Å². The standard InChI is InChI=1S/C12H13N3O3/c16-7-9-3-1-8(2-4-9)5-13-11(17)10-6-14-12(18)15-10/h1-4,6,16H,5,7H2,(H,13,17)(H2,14,15,18). The molecule has 4 N–H and O–H groups in total. The first-order valence-electron chi connectivity index (χ1n) is 5.43. The van der Waals surface area contributed by atoms with Gasteiger partial charge in [0.2, 0.25) is 0 Å². The van der Waals surface area contributed by atoms with Crippen molar-refractivity contribution >= 4 is 5.91 Å². The molecule has 6 nitrogen and oxygen atoms in total. The van der Waals surface area contributed by atoms with Crippen molar-refractivity contribution in [2.24, 2.45) is 0 Å². The maximum Gasteiger partial charge on any atom is 0.323 e. The molecule has 6 heteroatoms. The lowest BCUT2D eigenvalue weighted by Gasteiger charge is -2.04. The lowest BCUT2D eigenvalue weighted by atomic mass is 10.1. The van der Waals surface area contributed by atoms with Gasteiger partial charge in [-0.15, -0.1) is 0 Å². The summed E-state index contributed by atoms with van der Waals surface area (Å²) in [4.78, 5) is 27.2. The van der Waals surface area contributed by atoms with E-state index in [2.05, 4.69) is 15.3 Å². The number of aliphatic hydroxyl groups is 1. The first-order valence-corrected chi connectivity index (χ1v) is 5.43. The average molecular weight is 247 g/mol. The number of imidazole rings is 1. The van der Waals surface area contributed by atoms with E-state index in [-0.39, 0.29) is 18.2 Å². The number of rotatable bonds is 4. The maximum absolute atomic E-state index is 11.6. The van der Waals surface area contributed by atoms with Gasteiger partial charge in [-0.2, -0.15) is 0 Å². The second-order valence-electron chi connectivity index (χ2n) is 3.81. The molecule has 1 heterocycles. The van der Waals surface area contributed by atoms with E-state index in [1.54, 1.807) is 12.1 Å². The molecule has 0 fully saturated rings. The van der Waals surface area contributed by atoms with Gasteiger partial charge in [0, 0.05) is 12.7 Å². The van der Waals surface area contributed by atoms with Crippen molar-refractivity contribution in [1.29, 1.82) is 0 Å². The summed E-state index contributed by atoms with van der Waals surface area (Å²) in [7, 11) is 0. The van der Waals surface area contributed by atoms with E-state index in [1.807, 2.05) is 12.1 Å². The summed E-state index contributed by atoms with van der Waals surface area (Å²) < 4.78 is 0. The van der Waals surface area contributed by atoms with Crippen molar-refractivity contribution in [3.63, 3.8) is 0 Å². The third kappa shape index (κ3) is 2.86. The Morgan fingerprint density at radius 3 is 2.44 bits per heavy atom. The van der Waals surface area contributed by atoms with E-state index >= 15 is 0 Å². The lowest BCUT2D eigenvalue weighted by Crippen LogP contribution is -2.23. The fourth-order valence-corrected chi connectivity index (χ4v) is 1.49. The molecule has 1 amide bonds. The molecular formula is C12H13N3O3. The zero-order valence-electron chi connectivity index (χ0n) is 9.56. The van der Waals surface area contributed by atoms with Crippen molar-refractivity contribution in [3.8, 4) is 0 Å². The third-order valence-corrected chi connectivity index (χ3v) is 2.50. The smallest absolute Gasteiger partial charge is 0.323 e. The summed E-state index contributed by atoms with van der Waals surface area (Å²) in [6.07, 6.45) is 1.33. The number of aromatic nitrogens is 2. The molecule has 1 aromatic carbocycles. The second kappa shape index (κ2) is 5.33. The largest absolute Gasteiger partial charge is 0.392 e. The minimum Gasteiger partial charge on any atom is -0.392 e. The summed E-state index contributed by atoms with van der Waals surface area (Å²) in [5.41, 5.74) is 1.53. The molecular weight excluding hydrogens is 234 g/mol. The van der Waals surface area contributed by atoms with Crippen LogP contribution in [0.5, 0.6) is 0 Å². The van der Waals surface area contributed by atoms with Crippen molar-refractivity contribution in [3.05, 3.63) is 57.8 Å². The number of carbonyl (C=O) groups is 1. The number of carbonyl (C=O) groups excluding carboxylic acids is 1. The van der Waals surface area contributed by atoms with Gasteiger partial charge in [0.25, 0.3) is 5.91 Å². The van der Waals surface area contributed by atoms with Crippen LogP contribution in [-0.2, 0) is 13.2 Å². The number of aromatic amines is 2.